The van der Waals surface area contributed by atoms with E-state index in [0.717, 1.165) is 18.6 Å². The molecule has 1 aromatic rings. The Kier molecular flexibility index (Phi) is 3.90. The molecule has 2 rings (SSSR count). The molecule has 0 aliphatic carbocycles. The van der Waals surface area contributed by atoms with Gasteiger partial charge in [-0.15, -0.1) is 0 Å². The minimum atomic E-state index is -3.58. The summed E-state index contributed by atoms with van der Waals surface area (Å²) in [5.74, 6) is 1.11. The molecule has 1 aromatic heterocycles. The van der Waals surface area contributed by atoms with Crippen LogP contribution in [0.15, 0.2) is 23.4 Å². The average molecular weight is 273 g/mol. The molecule has 1 aliphatic rings. The van der Waals surface area contributed by atoms with Gasteiger partial charge in [0, 0.05) is 18.0 Å². The van der Waals surface area contributed by atoms with Crippen molar-refractivity contribution in [3.05, 3.63) is 18.3 Å². The Morgan fingerprint density at radius 1 is 1.59 bits per heavy atom. The minimum absolute atomic E-state index is 0.0806. The summed E-state index contributed by atoms with van der Waals surface area (Å²) in [5, 5.41) is 0.290. The molecule has 1 fully saturated rings. The summed E-state index contributed by atoms with van der Waals surface area (Å²) in [6, 6.07) is 3.15. The summed E-state index contributed by atoms with van der Waals surface area (Å²) in [6.07, 6.45) is 3.64. The monoisotopic (exact) mass is 273 g/mol. The normalized spacial score (nSPS) is 20.6. The van der Waals surface area contributed by atoms with Crippen molar-refractivity contribution in [2.75, 3.05) is 18.0 Å². The Morgan fingerprint density at radius 3 is 3.06 bits per heavy atom. The zero-order valence-electron chi connectivity index (χ0n) is 9.30. The number of thioether (sulfide) groups is 1. The van der Waals surface area contributed by atoms with Gasteiger partial charge >= 0.3 is 0 Å². The average Bonchev–Trinajstić information content (AvgIpc) is 2.80. The molecule has 0 amide bonds. The highest BCUT2D eigenvalue weighted by atomic mass is 32.2. The van der Waals surface area contributed by atoms with Crippen molar-refractivity contribution in [1.29, 1.82) is 0 Å². The van der Waals surface area contributed by atoms with Gasteiger partial charge in [0.25, 0.3) is 10.0 Å². The van der Waals surface area contributed by atoms with E-state index in [4.69, 9.17) is 5.73 Å². The quantitative estimate of drug-likeness (QED) is 0.849. The molecule has 7 heteroatoms. The number of nitrogens with two attached hydrogens (primary N) is 1. The van der Waals surface area contributed by atoms with Crippen molar-refractivity contribution in [2.24, 2.45) is 0 Å². The molecule has 5 nitrogen and oxygen atoms in total. The van der Waals surface area contributed by atoms with E-state index >= 15 is 0 Å². The number of nitrogens with zero attached hydrogens (tertiary/aromatic N) is 1. The zero-order chi connectivity index (χ0) is 12.3. The van der Waals surface area contributed by atoms with Gasteiger partial charge < -0.3 is 5.73 Å². The molecule has 0 saturated carbocycles. The van der Waals surface area contributed by atoms with Crippen molar-refractivity contribution >= 4 is 27.5 Å². The van der Waals surface area contributed by atoms with E-state index in [0.29, 0.717) is 11.8 Å². The highest BCUT2D eigenvalue weighted by molar-refractivity contribution is 8.00. The maximum atomic E-state index is 11.9. The van der Waals surface area contributed by atoms with Crippen LogP contribution in [0.1, 0.15) is 12.8 Å². The highest BCUT2D eigenvalue weighted by Crippen LogP contribution is 2.25. The van der Waals surface area contributed by atoms with Crippen molar-refractivity contribution in [2.45, 2.75) is 23.1 Å². The fourth-order valence-electron chi connectivity index (χ4n) is 1.70. The summed E-state index contributed by atoms with van der Waals surface area (Å²) >= 11 is 1.80. The summed E-state index contributed by atoms with van der Waals surface area (Å²) in [4.78, 5) is 3.81. The van der Waals surface area contributed by atoms with Gasteiger partial charge in [0.2, 0.25) is 0 Å². The largest absolute Gasteiger partial charge is 0.396 e. The fraction of sp³-hybridized carbons (Fsp3) is 0.500. The van der Waals surface area contributed by atoms with Crippen LogP contribution in [0.4, 0.5) is 5.69 Å². The lowest BCUT2D eigenvalue weighted by molar-refractivity contribution is 0.576. The number of nitrogens with one attached hydrogen (secondary N) is 1. The number of sulfonamides is 1. The van der Waals surface area contributed by atoms with Crippen LogP contribution < -0.4 is 10.5 Å². The van der Waals surface area contributed by atoms with Gasteiger partial charge in [0.05, 0.1) is 5.69 Å². The molecule has 2 heterocycles. The van der Waals surface area contributed by atoms with E-state index in [1.807, 2.05) is 0 Å². The fourth-order valence-corrected chi connectivity index (χ4v) is 4.15. The Balaban J connectivity index is 2.06. The number of rotatable bonds is 4. The lowest BCUT2D eigenvalue weighted by Crippen LogP contribution is -2.30. The Hall–Kier alpha value is -0.790. The second kappa shape index (κ2) is 5.24. The van der Waals surface area contributed by atoms with Crippen molar-refractivity contribution in [3.8, 4) is 0 Å². The molecular formula is C10H15N3O2S2. The van der Waals surface area contributed by atoms with Crippen LogP contribution in [0.2, 0.25) is 0 Å². The predicted molar refractivity (Wildman–Crippen MR) is 69.3 cm³/mol. The summed E-state index contributed by atoms with van der Waals surface area (Å²) < 4.78 is 26.5. The number of nitrogen functional groups attached to an aromatic ring is 1. The maximum Gasteiger partial charge on any atom is 0.260 e. The lowest BCUT2D eigenvalue weighted by Gasteiger charge is -2.11. The second-order valence-electron chi connectivity index (χ2n) is 3.88. The SMILES string of the molecule is Nc1cccnc1S(=O)(=O)NCC1CCCS1. The van der Waals surface area contributed by atoms with Crippen LogP contribution in [0, 0.1) is 0 Å². The van der Waals surface area contributed by atoms with E-state index < -0.39 is 10.0 Å². The third-order valence-corrected chi connectivity index (χ3v) is 5.38. The third-order valence-electron chi connectivity index (χ3n) is 2.58. The van der Waals surface area contributed by atoms with Crippen LogP contribution in [0.25, 0.3) is 0 Å². The van der Waals surface area contributed by atoms with Crippen LogP contribution in [0.5, 0.6) is 0 Å². The molecule has 94 valence electrons. The van der Waals surface area contributed by atoms with Gasteiger partial charge in [0.1, 0.15) is 0 Å². The third kappa shape index (κ3) is 3.11. The molecule has 3 N–H and O–H groups in total. The van der Waals surface area contributed by atoms with E-state index in [2.05, 4.69) is 9.71 Å². The van der Waals surface area contributed by atoms with Crippen molar-refractivity contribution < 1.29 is 8.42 Å². The second-order valence-corrected chi connectivity index (χ2v) is 6.98. The first-order valence-electron chi connectivity index (χ1n) is 5.41. The predicted octanol–water partition coefficient (Wildman–Crippen LogP) is 0.838. The van der Waals surface area contributed by atoms with Crippen LogP contribution in [-0.4, -0.2) is 30.9 Å². The van der Waals surface area contributed by atoms with Gasteiger partial charge in [-0.2, -0.15) is 11.8 Å². The molecule has 1 aliphatic heterocycles. The van der Waals surface area contributed by atoms with Gasteiger partial charge in [-0.3, -0.25) is 0 Å². The van der Waals surface area contributed by atoms with Crippen LogP contribution >= 0.6 is 11.8 Å². The first kappa shape index (κ1) is 12.7. The lowest BCUT2D eigenvalue weighted by atomic mass is 10.2. The van der Waals surface area contributed by atoms with E-state index in [1.165, 1.54) is 12.3 Å². The van der Waals surface area contributed by atoms with E-state index in [9.17, 15) is 8.42 Å². The Bertz CT molecular complexity index is 484. The van der Waals surface area contributed by atoms with Crippen LogP contribution in [-0.2, 0) is 10.0 Å². The molecule has 0 bridgehead atoms. The first-order chi connectivity index (χ1) is 8.09. The summed E-state index contributed by atoms with van der Waals surface area (Å²) in [5.41, 5.74) is 5.78. The molecule has 0 aromatic carbocycles. The van der Waals surface area contributed by atoms with E-state index in [-0.39, 0.29) is 10.7 Å². The molecule has 17 heavy (non-hydrogen) atoms. The molecule has 0 radical (unpaired) electrons. The van der Waals surface area contributed by atoms with Crippen molar-refractivity contribution in [3.63, 3.8) is 0 Å². The number of hydrogen-bond acceptors (Lipinski definition) is 5. The summed E-state index contributed by atoms with van der Waals surface area (Å²) in [6.45, 7) is 0.447. The minimum Gasteiger partial charge on any atom is -0.396 e. The zero-order valence-corrected chi connectivity index (χ0v) is 10.9. The van der Waals surface area contributed by atoms with Gasteiger partial charge in [0.15, 0.2) is 5.03 Å². The summed E-state index contributed by atoms with van der Waals surface area (Å²) in [7, 11) is -3.58. The highest BCUT2D eigenvalue weighted by Gasteiger charge is 2.22. The van der Waals surface area contributed by atoms with Gasteiger partial charge in [-0.1, -0.05) is 0 Å². The number of hydrogen-bond donors (Lipinski definition) is 2. The molecule has 1 unspecified atom stereocenters. The standard InChI is InChI=1S/C10H15N3O2S2/c11-9-4-1-5-12-10(9)17(14,15)13-7-8-3-2-6-16-8/h1,4-5,8,13H,2-3,6-7,11H2. The molecule has 0 spiro atoms. The number of pyridine rings is 1. The molecule has 1 saturated heterocycles. The first-order valence-corrected chi connectivity index (χ1v) is 7.94. The molecule has 1 atom stereocenters. The van der Waals surface area contributed by atoms with Crippen LogP contribution in [0.3, 0.4) is 0 Å². The maximum absolute atomic E-state index is 11.9. The van der Waals surface area contributed by atoms with Gasteiger partial charge in [-0.05, 0) is 30.7 Å². The number of anilines is 1. The smallest absolute Gasteiger partial charge is 0.260 e. The van der Waals surface area contributed by atoms with Gasteiger partial charge in [-0.25, -0.2) is 18.1 Å². The van der Waals surface area contributed by atoms with E-state index in [1.54, 1.807) is 17.8 Å². The molecular weight excluding hydrogens is 258 g/mol. The number of aromatic nitrogens is 1. The Morgan fingerprint density at radius 2 is 2.41 bits per heavy atom. The topological polar surface area (TPSA) is 85.1 Å². The Labute approximate surface area is 105 Å². The van der Waals surface area contributed by atoms with Crippen molar-refractivity contribution in [1.82, 2.24) is 9.71 Å².